The Kier molecular flexibility index (Phi) is 4.61. The minimum absolute atomic E-state index is 0.202. The molecule has 29 heavy (non-hydrogen) atoms. The minimum atomic E-state index is 0.202. The van der Waals surface area contributed by atoms with Gasteiger partial charge in [-0.3, -0.25) is 9.88 Å². The zero-order valence-corrected chi connectivity index (χ0v) is 16.4. The first kappa shape index (κ1) is 18.0. The number of furan rings is 1. The van der Waals surface area contributed by atoms with Crippen LogP contribution >= 0.6 is 0 Å². The first-order chi connectivity index (χ1) is 14.2. The highest BCUT2D eigenvalue weighted by atomic mass is 16.5. The second kappa shape index (κ2) is 7.42. The van der Waals surface area contributed by atoms with Gasteiger partial charge in [-0.2, -0.15) is 0 Å². The highest BCUT2D eigenvalue weighted by Crippen LogP contribution is 2.39. The lowest BCUT2D eigenvalue weighted by atomic mass is 10.1. The van der Waals surface area contributed by atoms with Gasteiger partial charge in [0.15, 0.2) is 11.5 Å². The number of H-pyrrole nitrogens is 1. The normalized spacial score (nSPS) is 15.3. The summed E-state index contributed by atoms with van der Waals surface area (Å²) in [5, 5.41) is 16.1. The number of nitrogens with one attached hydrogen (secondary N) is 2. The third-order valence-electron chi connectivity index (χ3n) is 5.69. The van der Waals surface area contributed by atoms with Gasteiger partial charge in [0.05, 0.1) is 29.8 Å². The van der Waals surface area contributed by atoms with E-state index in [0.29, 0.717) is 17.8 Å². The molecule has 3 N–H and O–H groups in total. The Morgan fingerprint density at radius 1 is 1.21 bits per heavy atom. The van der Waals surface area contributed by atoms with Crippen LogP contribution in [0, 0.1) is 0 Å². The number of rotatable bonds is 5. The van der Waals surface area contributed by atoms with Crippen molar-refractivity contribution in [2.45, 2.75) is 13.0 Å². The van der Waals surface area contributed by atoms with Gasteiger partial charge in [-0.15, -0.1) is 0 Å². The molecular weight excluding hydrogens is 368 g/mol. The van der Waals surface area contributed by atoms with E-state index in [9.17, 15) is 5.11 Å². The maximum absolute atomic E-state index is 10.9. The Hall–Kier alpha value is -3.03. The second-order valence-electron chi connectivity index (χ2n) is 7.44. The van der Waals surface area contributed by atoms with Crippen LogP contribution in [0.4, 0.5) is 0 Å². The number of ether oxygens (including phenoxy) is 1. The summed E-state index contributed by atoms with van der Waals surface area (Å²) in [6.07, 6.45) is 6.02. The van der Waals surface area contributed by atoms with Gasteiger partial charge in [-0.25, -0.2) is 0 Å². The van der Waals surface area contributed by atoms with Crippen molar-refractivity contribution in [1.82, 2.24) is 20.2 Å². The van der Waals surface area contributed by atoms with Gasteiger partial charge < -0.3 is 24.6 Å². The van der Waals surface area contributed by atoms with E-state index in [0.717, 1.165) is 65.9 Å². The SMILES string of the molecule is COc1ccc2c(O)c(Cc3c[nH]c4cnccc34)oc2c1CN1CCNCC1. The molecule has 1 aliphatic heterocycles. The molecule has 0 spiro atoms. The van der Waals surface area contributed by atoms with E-state index in [1.165, 1.54) is 0 Å². The quantitative estimate of drug-likeness (QED) is 0.484. The van der Waals surface area contributed by atoms with Crippen molar-refractivity contribution >= 4 is 21.9 Å². The van der Waals surface area contributed by atoms with Crippen LogP contribution in [0.2, 0.25) is 0 Å². The number of hydrogen-bond acceptors (Lipinski definition) is 6. The Morgan fingerprint density at radius 2 is 2.07 bits per heavy atom. The smallest absolute Gasteiger partial charge is 0.165 e. The molecule has 0 radical (unpaired) electrons. The molecule has 1 saturated heterocycles. The van der Waals surface area contributed by atoms with E-state index in [-0.39, 0.29) is 5.75 Å². The van der Waals surface area contributed by atoms with Crippen molar-refractivity contribution < 1.29 is 14.3 Å². The molecule has 1 aliphatic rings. The zero-order valence-electron chi connectivity index (χ0n) is 16.4. The number of hydrogen-bond donors (Lipinski definition) is 3. The molecule has 0 atom stereocenters. The van der Waals surface area contributed by atoms with Crippen molar-refractivity contribution in [2.75, 3.05) is 33.3 Å². The topological polar surface area (TPSA) is 86.5 Å². The third-order valence-corrected chi connectivity index (χ3v) is 5.69. The molecular formula is C22H24N4O3. The summed E-state index contributed by atoms with van der Waals surface area (Å²) in [7, 11) is 1.67. The average Bonchev–Trinajstić information content (AvgIpc) is 3.31. The highest BCUT2D eigenvalue weighted by molar-refractivity contribution is 5.90. The molecule has 0 saturated carbocycles. The molecule has 1 aromatic carbocycles. The molecule has 1 fully saturated rings. The molecule has 150 valence electrons. The van der Waals surface area contributed by atoms with Crippen LogP contribution in [0.1, 0.15) is 16.9 Å². The minimum Gasteiger partial charge on any atom is -0.504 e. The lowest BCUT2D eigenvalue weighted by molar-refractivity contribution is 0.230. The van der Waals surface area contributed by atoms with E-state index < -0.39 is 0 Å². The number of methoxy groups -OCH3 is 1. The number of aromatic hydroxyl groups is 1. The van der Waals surface area contributed by atoms with Gasteiger partial charge in [0.25, 0.3) is 0 Å². The highest BCUT2D eigenvalue weighted by Gasteiger charge is 2.22. The number of aromatic nitrogens is 2. The first-order valence-electron chi connectivity index (χ1n) is 9.88. The van der Waals surface area contributed by atoms with E-state index in [1.807, 2.05) is 24.4 Å². The van der Waals surface area contributed by atoms with Crippen LogP contribution < -0.4 is 10.1 Å². The Bertz CT molecular complexity index is 1160. The lowest BCUT2D eigenvalue weighted by Gasteiger charge is -2.27. The third kappa shape index (κ3) is 3.22. The van der Waals surface area contributed by atoms with Crippen molar-refractivity contribution in [1.29, 1.82) is 0 Å². The lowest BCUT2D eigenvalue weighted by Crippen LogP contribution is -2.42. The summed E-state index contributed by atoms with van der Waals surface area (Å²) >= 11 is 0. The van der Waals surface area contributed by atoms with Crippen molar-refractivity contribution in [3.8, 4) is 11.5 Å². The summed E-state index contributed by atoms with van der Waals surface area (Å²) in [6.45, 7) is 4.63. The standard InChI is InChI=1S/C22H24N4O3/c1-28-19-3-2-16-21(27)20(10-14-11-25-18-12-24-5-4-15(14)18)29-22(16)17(19)13-26-8-6-23-7-9-26/h2-5,11-12,23,25,27H,6-10,13H2,1H3. The van der Waals surface area contributed by atoms with Crippen LogP contribution in [0.5, 0.6) is 11.5 Å². The van der Waals surface area contributed by atoms with Crippen LogP contribution in [-0.4, -0.2) is 53.3 Å². The molecule has 5 rings (SSSR count). The van der Waals surface area contributed by atoms with Crippen LogP contribution in [-0.2, 0) is 13.0 Å². The maximum Gasteiger partial charge on any atom is 0.165 e. The fourth-order valence-corrected chi connectivity index (χ4v) is 4.14. The van der Waals surface area contributed by atoms with Gasteiger partial charge in [-0.05, 0) is 23.8 Å². The number of piperazine rings is 1. The molecule has 0 unspecified atom stereocenters. The molecule has 3 aromatic heterocycles. The molecule has 0 bridgehead atoms. The largest absolute Gasteiger partial charge is 0.504 e. The second-order valence-corrected chi connectivity index (χ2v) is 7.44. The summed E-state index contributed by atoms with van der Waals surface area (Å²) in [5.41, 5.74) is 3.72. The van der Waals surface area contributed by atoms with Crippen LogP contribution in [0.3, 0.4) is 0 Å². The van der Waals surface area contributed by atoms with Crippen molar-refractivity contribution in [3.63, 3.8) is 0 Å². The summed E-state index contributed by atoms with van der Waals surface area (Å²) in [5.74, 6) is 1.55. The Labute approximate surface area is 168 Å². The average molecular weight is 392 g/mol. The number of nitrogens with zero attached hydrogens (tertiary/aromatic N) is 2. The van der Waals surface area contributed by atoms with Crippen molar-refractivity contribution in [3.05, 3.63) is 53.7 Å². The van der Waals surface area contributed by atoms with E-state index in [1.54, 1.807) is 19.5 Å². The first-order valence-corrected chi connectivity index (χ1v) is 9.88. The molecule has 0 amide bonds. The van der Waals surface area contributed by atoms with Crippen LogP contribution in [0.15, 0.2) is 41.2 Å². The van der Waals surface area contributed by atoms with E-state index in [2.05, 4.69) is 20.2 Å². The fourth-order valence-electron chi connectivity index (χ4n) is 4.14. The molecule has 7 heteroatoms. The molecule has 0 aliphatic carbocycles. The summed E-state index contributed by atoms with van der Waals surface area (Å²) < 4.78 is 11.8. The van der Waals surface area contributed by atoms with Gasteiger partial charge in [-0.1, -0.05) is 0 Å². The van der Waals surface area contributed by atoms with Crippen LogP contribution in [0.25, 0.3) is 21.9 Å². The van der Waals surface area contributed by atoms with Gasteiger partial charge >= 0.3 is 0 Å². The Morgan fingerprint density at radius 3 is 2.90 bits per heavy atom. The van der Waals surface area contributed by atoms with Gasteiger partial charge in [0.2, 0.25) is 0 Å². The predicted molar refractivity (Wildman–Crippen MR) is 111 cm³/mol. The number of benzene rings is 1. The fraction of sp³-hybridized carbons (Fsp3) is 0.318. The zero-order chi connectivity index (χ0) is 19.8. The Balaban J connectivity index is 1.55. The maximum atomic E-state index is 10.9. The molecule has 4 aromatic rings. The van der Waals surface area contributed by atoms with E-state index >= 15 is 0 Å². The molecule has 7 nitrogen and oxygen atoms in total. The summed E-state index contributed by atoms with van der Waals surface area (Å²) in [4.78, 5) is 9.75. The van der Waals surface area contributed by atoms with Crippen molar-refractivity contribution in [2.24, 2.45) is 0 Å². The monoisotopic (exact) mass is 392 g/mol. The van der Waals surface area contributed by atoms with E-state index in [4.69, 9.17) is 9.15 Å². The van der Waals surface area contributed by atoms with Gasteiger partial charge in [0.1, 0.15) is 11.3 Å². The molecule has 4 heterocycles. The summed E-state index contributed by atoms with van der Waals surface area (Å²) in [6, 6.07) is 5.76. The number of fused-ring (bicyclic) bond motifs is 2. The number of aromatic amines is 1. The number of pyridine rings is 1. The predicted octanol–water partition coefficient (Wildman–Crippen LogP) is 3.02. The van der Waals surface area contributed by atoms with Gasteiger partial charge in [0, 0.05) is 56.9 Å².